The number of aromatic nitrogens is 3. The molecular formula is C17H16F2N4. The zero-order valence-electron chi connectivity index (χ0n) is 12.6. The van der Waals surface area contributed by atoms with Crippen molar-refractivity contribution in [2.75, 3.05) is 0 Å². The first-order chi connectivity index (χ1) is 11.0. The van der Waals surface area contributed by atoms with Crippen LogP contribution in [0.2, 0.25) is 0 Å². The molecule has 2 atom stereocenters. The van der Waals surface area contributed by atoms with Gasteiger partial charge in [-0.3, -0.25) is 4.98 Å². The third-order valence-corrected chi connectivity index (χ3v) is 4.52. The van der Waals surface area contributed by atoms with Crippen LogP contribution in [-0.4, -0.2) is 20.6 Å². The molecule has 0 spiro atoms. The first-order valence-corrected chi connectivity index (χ1v) is 7.55. The number of nitrogens with zero attached hydrogens (tertiary/aromatic N) is 3. The zero-order valence-corrected chi connectivity index (χ0v) is 12.6. The molecule has 1 aliphatic heterocycles. The Bertz CT molecular complexity index is 903. The molecule has 4 nitrogen and oxygen atoms in total. The van der Waals surface area contributed by atoms with E-state index < -0.39 is 11.6 Å². The molecule has 1 aliphatic rings. The second-order valence-corrected chi connectivity index (χ2v) is 6.09. The number of aryl methyl sites for hydroxylation is 1. The van der Waals surface area contributed by atoms with E-state index in [1.807, 2.05) is 13.0 Å². The maximum absolute atomic E-state index is 14.1. The number of fused-ring (bicyclic) bond motifs is 3. The van der Waals surface area contributed by atoms with Gasteiger partial charge in [-0.25, -0.2) is 13.8 Å². The molecule has 0 radical (unpaired) electrons. The summed E-state index contributed by atoms with van der Waals surface area (Å²) >= 11 is 0. The monoisotopic (exact) mass is 314 g/mol. The molecule has 6 heteroatoms. The Balaban J connectivity index is 1.80. The average Bonchev–Trinajstić information content (AvgIpc) is 2.86. The highest BCUT2D eigenvalue weighted by Crippen LogP contribution is 2.32. The van der Waals surface area contributed by atoms with E-state index in [1.54, 1.807) is 6.20 Å². The van der Waals surface area contributed by atoms with Crippen LogP contribution in [0, 0.1) is 18.6 Å². The molecule has 1 unspecified atom stereocenters. The summed E-state index contributed by atoms with van der Waals surface area (Å²) in [4.78, 5) is 8.84. The van der Waals surface area contributed by atoms with Gasteiger partial charge in [0.15, 0.2) is 0 Å². The van der Waals surface area contributed by atoms with Crippen LogP contribution in [0.1, 0.15) is 23.0 Å². The van der Waals surface area contributed by atoms with E-state index >= 15 is 0 Å². The minimum absolute atomic E-state index is 0.288. The lowest BCUT2D eigenvalue weighted by molar-refractivity contribution is 0.395. The Morgan fingerprint density at radius 3 is 2.91 bits per heavy atom. The number of hydrogen-bond acceptors (Lipinski definition) is 3. The summed E-state index contributed by atoms with van der Waals surface area (Å²) in [7, 11) is 0. The summed E-state index contributed by atoms with van der Waals surface area (Å²) in [5.74, 6) is -0.326. The van der Waals surface area contributed by atoms with Crippen molar-refractivity contribution < 1.29 is 8.78 Å². The smallest absolute Gasteiger partial charge is 0.126 e. The Kier molecular flexibility index (Phi) is 3.16. The van der Waals surface area contributed by atoms with E-state index in [2.05, 4.69) is 14.5 Å². The van der Waals surface area contributed by atoms with E-state index in [1.165, 1.54) is 6.07 Å². The van der Waals surface area contributed by atoms with Gasteiger partial charge in [0, 0.05) is 30.6 Å². The van der Waals surface area contributed by atoms with Crippen molar-refractivity contribution in [1.29, 1.82) is 0 Å². The molecule has 118 valence electrons. The van der Waals surface area contributed by atoms with E-state index in [0.29, 0.717) is 18.5 Å². The van der Waals surface area contributed by atoms with Crippen molar-refractivity contribution >= 4 is 11.0 Å². The van der Waals surface area contributed by atoms with Crippen LogP contribution < -0.4 is 5.73 Å². The Labute approximate surface area is 132 Å². The molecule has 0 saturated heterocycles. The predicted molar refractivity (Wildman–Crippen MR) is 83.0 cm³/mol. The Morgan fingerprint density at radius 1 is 1.26 bits per heavy atom. The van der Waals surface area contributed by atoms with Gasteiger partial charge in [0.25, 0.3) is 0 Å². The quantitative estimate of drug-likeness (QED) is 0.751. The van der Waals surface area contributed by atoms with Crippen LogP contribution >= 0.6 is 0 Å². The molecule has 0 saturated carbocycles. The fourth-order valence-electron chi connectivity index (χ4n) is 3.36. The Morgan fingerprint density at radius 2 is 2.09 bits per heavy atom. The average molecular weight is 314 g/mol. The van der Waals surface area contributed by atoms with Crippen LogP contribution in [0.5, 0.6) is 0 Å². The molecular weight excluding hydrogens is 298 g/mol. The molecule has 2 N–H and O–H groups in total. The molecule has 3 aromatic rings. The standard InChI is InChI=1S/C17H16F2N4/c1-9-4-16-15(7-21-9)22-17-6-12(14(20)8-23(16)17)11-5-10(18)2-3-13(11)19/h2-5,7,12,14H,6,8,20H2,1H3/t12-,14?/m1/s1. The van der Waals surface area contributed by atoms with E-state index in [4.69, 9.17) is 5.73 Å². The number of pyridine rings is 1. The number of benzene rings is 1. The van der Waals surface area contributed by atoms with Crippen molar-refractivity contribution in [3.8, 4) is 0 Å². The van der Waals surface area contributed by atoms with Crippen molar-refractivity contribution in [2.24, 2.45) is 5.73 Å². The zero-order chi connectivity index (χ0) is 16.1. The van der Waals surface area contributed by atoms with E-state index in [-0.39, 0.29) is 12.0 Å². The summed E-state index contributed by atoms with van der Waals surface area (Å²) in [6.07, 6.45) is 2.22. The molecule has 3 heterocycles. The van der Waals surface area contributed by atoms with Gasteiger partial charge < -0.3 is 10.3 Å². The fraction of sp³-hybridized carbons (Fsp3) is 0.294. The summed E-state index contributed by atoms with van der Waals surface area (Å²) in [6, 6.07) is 5.19. The highest BCUT2D eigenvalue weighted by Gasteiger charge is 2.31. The molecule has 0 bridgehead atoms. The largest absolute Gasteiger partial charge is 0.326 e. The van der Waals surface area contributed by atoms with Gasteiger partial charge in [-0.05, 0) is 36.8 Å². The lowest BCUT2D eigenvalue weighted by Gasteiger charge is -2.30. The lowest BCUT2D eigenvalue weighted by atomic mass is 9.86. The molecule has 2 aromatic heterocycles. The van der Waals surface area contributed by atoms with Crippen LogP contribution in [0.4, 0.5) is 8.78 Å². The van der Waals surface area contributed by atoms with Crippen molar-refractivity contribution in [3.05, 3.63) is 59.2 Å². The topological polar surface area (TPSA) is 56.7 Å². The normalized spacial score (nSPS) is 20.7. The maximum Gasteiger partial charge on any atom is 0.126 e. The van der Waals surface area contributed by atoms with Gasteiger partial charge in [-0.1, -0.05) is 0 Å². The fourth-order valence-corrected chi connectivity index (χ4v) is 3.36. The molecule has 23 heavy (non-hydrogen) atoms. The van der Waals surface area contributed by atoms with Gasteiger partial charge in [-0.2, -0.15) is 0 Å². The van der Waals surface area contributed by atoms with E-state index in [9.17, 15) is 8.78 Å². The van der Waals surface area contributed by atoms with Crippen LogP contribution in [0.3, 0.4) is 0 Å². The lowest BCUT2D eigenvalue weighted by Crippen LogP contribution is -2.39. The van der Waals surface area contributed by atoms with Gasteiger partial charge in [0.2, 0.25) is 0 Å². The van der Waals surface area contributed by atoms with Crippen molar-refractivity contribution in [1.82, 2.24) is 14.5 Å². The molecule has 0 aliphatic carbocycles. The van der Waals surface area contributed by atoms with E-state index in [0.717, 1.165) is 34.7 Å². The number of imidazole rings is 1. The van der Waals surface area contributed by atoms with Crippen molar-refractivity contribution in [3.63, 3.8) is 0 Å². The highest BCUT2D eigenvalue weighted by atomic mass is 19.1. The van der Waals surface area contributed by atoms with Gasteiger partial charge in [0.05, 0.1) is 11.7 Å². The third-order valence-electron chi connectivity index (χ3n) is 4.52. The van der Waals surface area contributed by atoms with Gasteiger partial charge >= 0.3 is 0 Å². The van der Waals surface area contributed by atoms with Gasteiger partial charge in [0.1, 0.15) is 23.0 Å². The molecule has 0 fully saturated rings. The summed E-state index contributed by atoms with van der Waals surface area (Å²) in [5, 5.41) is 0. The second kappa shape index (κ2) is 5.09. The SMILES string of the molecule is Cc1cc2c(cn1)nc1n2CC(N)[C@@H](c2cc(F)ccc2F)C1. The molecule has 0 amide bonds. The molecule has 4 rings (SSSR count). The van der Waals surface area contributed by atoms with Gasteiger partial charge in [-0.15, -0.1) is 0 Å². The number of hydrogen-bond donors (Lipinski definition) is 1. The summed E-state index contributed by atoms with van der Waals surface area (Å²) in [6.45, 7) is 2.45. The first-order valence-electron chi connectivity index (χ1n) is 7.55. The van der Waals surface area contributed by atoms with Crippen LogP contribution in [0.15, 0.2) is 30.5 Å². The van der Waals surface area contributed by atoms with Crippen molar-refractivity contribution in [2.45, 2.75) is 31.8 Å². The predicted octanol–water partition coefficient (Wildman–Crippen LogP) is 2.69. The van der Waals surface area contributed by atoms with Crippen LogP contribution in [0.25, 0.3) is 11.0 Å². The number of rotatable bonds is 1. The first kappa shape index (κ1) is 14.3. The number of halogens is 2. The molecule has 1 aromatic carbocycles. The maximum atomic E-state index is 14.1. The highest BCUT2D eigenvalue weighted by molar-refractivity contribution is 5.75. The number of nitrogens with two attached hydrogens (primary N) is 1. The van der Waals surface area contributed by atoms with Crippen LogP contribution in [-0.2, 0) is 13.0 Å². The third kappa shape index (κ3) is 2.30. The second-order valence-electron chi connectivity index (χ2n) is 6.09. The minimum Gasteiger partial charge on any atom is -0.326 e. The summed E-state index contributed by atoms with van der Waals surface area (Å²) < 4.78 is 29.7. The summed E-state index contributed by atoms with van der Waals surface area (Å²) in [5.41, 5.74) is 9.30. The minimum atomic E-state index is -0.451. The Hall–Kier alpha value is -2.34.